The van der Waals surface area contributed by atoms with Crippen LogP contribution in [0.15, 0.2) is 30.3 Å². The van der Waals surface area contributed by atoms with Gasteiger partial charge in [0.05, 0.1) is 26.7 Å². The molecule has 4 nitrogen and oxygen atoms in total. The van der Waals surface area contributed by atoms with E-state index in [1.54, 1.807) is 21.1 Å². The van der Waals surface area contributed by atoms with Crippen molar-refractivity contribution >= 4 is 7.32 Å². The Hall–Kier alpha value is -3.55. The minimum Gasteiger partial charge on any atom is -0.489 e. The Kier molecular flexibility index (Phi) is 10.1. The van der Waals surface area contributed by atoms with Crippen molar-refractivity contribution in [3.8, 4) is 17.2 Å². The lowest BCUT2D eigenvalue weighted by Gasteiger charge is -2.36. The van der Waals surface area contributed by atoms with Crippen LogP contribution in [0.2, 0.25) is 0 Å². The number of hydrogen-bond donors (Lipinski definition) is 0. The summed E-state index contributed by atoms with van der Waals surface area (Å²) in [5.74, 6) is -17.8. The number of rotatable bonds is 12. The van der Waals surface area contributed by atoms with Gasteiger partial charge in [-0.25, -0.2) is 39.5 Å². The summed E-state index contributed by atoms with van der Waals surface area (Å²) in [7, 11) is 2.68. The summed E-state index contributed by atoms with van der Waals surface area (Å²) in [4.78, 5) is 0. The van der Waals surface area contributed by atoms with Crippen LogP contribution in [0.25, 0.3) is 0 Å². The van der Waals surface area contributed by atoms with Crippen LogP contribution in [0.1, 0.15) is 44.2 Å². The maximum Gasteiger partial charge on any atom is 0.864 e. The van der Waals surface area contributed by atoms with Crippen LogP contribution in [-0.4, -0.2) is 32.9 Å². The molecule has 0 radical (unpaired) electrons. The number of quaternary nitrogens is 1. The van der Waals surface area contributed by atoms with Crippen LogP contribution in [0, 0.1) is 52.4 Å². The van der Waals surface area contributed by atoms with Gasteiger partial charge in [-0.1, -0.05) is 19.8 Å². The van der Waals surface area contributed by atoms with E-state index in [1.165, 1.54) is 0 Å². The highest BCUT2D eigenvalue weighted by Gasteiger charge is 2.39. The molecule has 0 fully saturated rings. The number of halogens is 9. The second-order valence-corrected chi connectivity index (χ2v) is 10.1. The smallest absolute Gasteiger partial charge is 0.489 e. The van der Waals surface area contributed by atoms with Gasteiger partial charge in [0.2, 0.25) is 0 Å². The third-order valence-electron chi connectivity index (χ3n) is 6.11. The molecule has 222 valence electrons. The highest BCUT2D eigenvalue weighted by molar-refractivity contribution is 6.39. The zero-order valence-corrected chi connectivity index (χ0v) is 22.4. The molecule has 0 heterocycles. The Morgan fingerprint density at radius 1 is 0.610 bits per heavy atom. The van der Waals surface area contributed by atoms with Gasteiger partial charge in [0.15, 0.2) is 52.4 Å². The quantitative estimate of drug-likeness (QED) is 0.0705. The van der Waals surface area contributed by atoms with Gasteiger partial charge < -0.3 is 18.4 Å². The zero-order chi connectivity index (χ0) is 30.6. The second-order valence-electron chi connectivity index (χ2n) is 10.1. The predicted molar refractivity (Wildman–Crippen MR) is 132 cm³/mol. The van der Waals surface area contributed by atoms with Crippen molar-refractivity contribution < 1.29 is 58.0 Å². The molecule has 41 heavy (non-hydrogen) atoms. The van der Waals surface area contributed by atoms with Crippen molar-refractivity contribution in [1.29, 1.82) is 0 Å². The first kappa shape index (κ1) is 32.0. The molecular formula is C27H26BF9NO3+. The number of hydrogen-bond acceptors (Lipinski definition) is 3. The number of benzene rings is 3. The van der Waals surface area contributed by atoms with E-state index in [9.17, 15) is 35.1 Å². The first-order valence-corrected chi connectivity index (χ1v) is 12.4. The zero-order valence-electron chi connectivity index (χ0n) is 22.4. The van der Waals surface area contributed by atoms with Gasteiger partial charge in [0.25, 0.3) is 0 Å². The lowest BCUT2D eigenvalue weighted by atomic mass is 9.95. The molecule has 0 spiro atoms. The van der Waals surface area contributed by atoms with Crippen LogP contribution in [-0.2, 0) is 0 Å². The fraction of sp³-hybridized carbons (Fsp3) is 0.333. The Labute approximate surface area is 231 Å². The van der Waals surface area contributed by atoms with Gasteiger partial charge in [-0.15, -0.1) is 0 Å². The molecule has 0 amide bonds. The van der Waals surface area contributed by atoms with E-state index in [0.29, 0.717) is 36.8 Å². The third-order valence-corrected chi connectivity index (χ3v) is 6.11. The normalized spacial score (nSPS) is 12.3. The van der Waals surface area contributed by atoms with E-state index in [0.717, 1.165) is 12.8 Å². The fourth-order valence-electron chi connectivity index (χ4n) is 4.10. The fourth-order valence-corrected chi connectivity index (χ4v) is 4.10. The average Bonchev–Trinajstić information content (AvgIpc) is 2.87. The van der Waals surface area contributed by atoms with Gasteiger partial charge in [0, 0.05) is 36.8 Å². The van der Waals surface area contributed by atoms with E-state index >= 15 is 4.39 Å². The molecule has 0 N–H and O–H groups in total. The molecule has 3 aromatic carbocycles. The molecule has 1 unspecified atom stereocenters. The summed E-state index contributed by atoms with van der Waals surface area (Å²) < 4.78 is 142. The lowest BCUT2D eigenvalue weighted by Crippen LogP contribution is -2.41. The molecule has 0 bridgehead atoms. The molecule has 3 rings (SSSR count). The Morgan fingerprint density at radius 3 is 1.46 bits per heavy atom. The van der Waals surface area contributed by atoms with E-state index < -0.39 is 88.5 Å². The molecule has 0 aliphatic rings. The first-order valence-electron chi connectivity index (χ1n) is 12.4. The monoisotopic (exact) mass is 594 g/mol. The second kappa shape index (κ2) is 13.0. The molecule has 0 saturated heterocycles. The topological polar surface area (TPSA) is 27.7 Å². The van der Waals surface area contributed by atoms with Crippen molar-refractivity contribution in [3.05, 3.63) is 88.3 Å². The molecular weight excluding hydrogens is 568 g/mol. The largest absolute Gasteiger partial charge is 0.864 e. The van der Waals surface area contributed by atoms with Gasteiger partial charge in [-0.3, -0.25) is 0 Å². The molecule has 1 atom stereocenters. The minimum absolute atomic E-state index is 0.0111. The molecule has 0 aliphatic carbocycles. The standard InChI is InChI=1S/C27H26BF9NO3/c1-5-6-7-8-21(38(2,3)4)23-22(13-20(33)26(36)27(23)37)41-28(39-14-9-16(29)24(34)17(30)10-14)40-15-11-18(31)25(35)19(32)12-15/h9-13,21H,5-8H2,1-4H3/q+1. The molecule has 0 aliphatic heterocycles. The van der Waals surface area contributed by atoms with Crippen LogP contribution < -0.4 is 14.0 Å². The first-order chi connectivity index (χ1) is 19.1. The average molecular weight is 594 g/mol. The molecule has 14 heteroatoms. The molecule has 0 aromatic heterocycles. The number of nitrogens with zero attached hydrogens (tertiary/aromatic N) is 1. The lowest BCUT2D eigenvalue weighted by molar-refractivity contribution is -0.902. The van der Waals surface area contributed by atoms with Gasteiger partial charge in [-0.05, 0) is 6.42 Å². The van der Waals surface area contributed by atoms with E-state index in [4.69, 9.17) is 14.0 Å². The summed E-state index contributed by atoms with van der Waals surface area (Å²) >= 11 is 0. The third kappa shape index (κ3) is 7.60. The van der Waals surface area contributed by atoms with Crippen molar-refractivity contribution in [3.63, 3.8) is 0 Å². The molecule has 0 saturated carbocycles. The highest BCUT2D eigenvalue weighted by atomic mass is 19.2. The van der Waals surface area contributed by atoms with Crippen molar-refractivity contribution in [2.45, 2.75) is 38.6 Å². The summed E-state index contributed by atoms with van der Waals surface area (Å²) in [5.41, 5.74) is -0.447. The summed E-state index contributed by atoms with van der Waals surface area (Å²) in [5, 5.41) is 0. The predicted octanol–water partition coefficient (Wildman–Crippen LogP) is 7.79. The van der Waals surface area contributed by atoms with Crippen molar-refractivity contribution in [1.82, 2.24) is 0 Å². The minimum atomic E-state index is -2.32. The summed E-state index contributed by atoms with van der Waals surface area (Å²) in [6.07, 6.45) is 2.38. The number of unbranched alkanes of at least 4 members (excludes halogenated alkanes) is 2. The van der Waals surface area contributed by atoms with E-state index in [-0.39, 0.29) is 10.9 Å². The van der Waals surface area contributed by atoms with Gasteiger partial charge in [-0.2, -0.15) is 0 Å². The Morgan fingerprint density at radius 2 is 1.05 bits per heavy atom. The maximum atomic E-state index is 15.3. The van der Waals surface area contributed by atoms with Crippen LogP contribution in [0.3, 0.4) is 0 Å². The van der Waals surface area contributed by atoms with Crippen LogP contribution in [0.5, 0.6) is 17.2 Å². The van der Waals surface area contributed by atoms with E-state index in [2.05, 4.69) is 0 Å². The Balaban J connectivity index is 2.14. The van der Waals surface area contributed by atoms with Crippen LogP contribution >= 0.6 is 0 Å². The maximum absolute atomic E-state index is 15.3. The van der Waals surface area contributed by atoms with Gasteiger partial charge in [0.1, 0.15) is 23.3 Å². The SMILES string of the molecule is CCCCCC(c1c(OB(Oc2cc(F)c(F)c(F)c2)Oc2cc(F)c(F)c(F)c2)cc(F)c(F)c1F)[N+](C)(C)C. The van der Waals surface area contributed by atoms with E-state index in [1.807, 2.05) is 6.92 Å². The molecule has 3 aromatic rings. The van der Waals surface area contributed by atoms with Crippen molar-refractivity contribution in [2.75, 3.05) is 21.1 Å². The Bertz CT molecular complexity index is 1300. The summed E-state index contributed by atoms with van der Waals surface area (Å²) in [6, 6.07) is 1.13. The summed E-state index contributed by atoms with van der Waals surface area (Å²) in [6.45, 7) is 1.93. The highest BCUT2D eigenvalue weighted by Crippen LogP contribution is 2.39. The van der Waals surface area contributed by atoms with Crippen LogP contribution in [0.4, 0.5) is 39.5 Å². The van der Waals surface area contributed by atoms with Crippen molar-refractivity contribution in [2.24, 2.45) is 0 Å². The van der Waals surface area contributed by atoms with Gasteiger partial charge >= 0.3 is 7.32 Å².